The lowest BCUT2D eigenvalue weighted by atomic mass is 10.2. The van der Waals surface area contributed by atoms with Crippen molar-refractivity contribution in [2.75, 3.05) is 57.4 Å². The topological polar surface area (TPSA) is 104 Å². The normalized spacial score (nSPS) is 15.0. The number of aromatic nitrogens is 1. The largest absolute Gasteiger partial charge is 0.395 e. The summed E-state index contributed by atoms with van der Waals surface area (Å²) in [7, 11) is 0. The minimum Gasteiger partial charge on any atom is -0.395 e. The van der Waals surface area contributed by atoms with Gasteiger partial charge in [0.2, 0.25) is 0 Å². The molecule has 0 radical (unpaired) electrons. The highest BCUT2D eigenvalue weighted by atomic mass is 16.3. The molecule has 2 heterocycles. The Morgan fingerprint density at radius 2 is 1.92 bits per heavy atom. The third-order valence-electron chi connectivity index (χ3n) is 3.98. The number of aliphatic hydroxyl groups is 2. The summed E-state index contributed by atoms with van der Waals surface area (Å²) < 4.78 is 0. The molecule has 8 nitrogen and oxygen atoms in total. The quantitative estimate of drug-likeness (QED) is 0.503. The van der Waals surface area contributed by atoms with Crippen LogP contribution >= 0.6 is 0 Å². The number of pyridine rings is 1. The van der Waals surface area contributed by atoms with E-state index >= 15 is 0 Å². The average Bonchev–Trinajstić information content (AvgIpc) is 2.66. The molecule has 25 heavy (non-hydrogen) atoms. The predicted octanol–water partition coefficient (Wildman–Crippen LogP) is -0.576. The number of amides is 1. The van der Waals surface area contributed by atoms with Crippen molar-refractivity contribution >= 4 is 11.7 Å². The molecule has 0 spiro atoms. The Balaban J connectivity index is 1.99. The van der Waals surface area contributed by atoms with Crippen LogP contribution in [0, 0.1) is 11.3 Å². The highest BCUT2D eigenvalue weighted by Gasteiger charge is 2.21. The molecule has 0 atom stereocenters. The molecule has 1 aromatic rings. The second-order valence-electron chi connectivity index (χ2n) is 5.60. The SMILES string of the molecule is N#C/C(=C/N1CCN(c2ccccn2)CC1)C(=O)N(CCO)CCO. The molecule has 1 amide bonds. The van der Waals surface area contributed by atoms with Crippen LogP contribution in [0.1, 0.15) is 0 Å². The molecule has 2 rings (SSSR count). The van der Waals surface area contributed by atoms with Gasteiger partial charge in [0.25, 0.3) is 5.91 Å². The number of hydrogen-bond acceptors (Lipinski definition) is 7. The van der Waals surface area contributed by atoms with E-state index in [-0.39, 0.29) is 31.9 Å². The highest BCUT2D eigenvalue weighted by molar-refractivity contribution is 5.97. The van der Waals surface area contributed by atoms with Crippen LogP contribution in [0.25, 0.3) is 0 Å². The summed E-state index contributed by atoms with van der Waals surface area (Å²) in [4.78, 5) is 22.1. The third-order valence-corrected chi connectivity index (χ3v) is 3.98. The maximum Gasteiger partial charge on any atom is 0.266 e. The molecule has 8 heteroatoms. The van der Waals surface area contributed by atoms with Crippen molar-refractivity contribution in [2.24, 2.45) is 0 Å². The summed E-state index contributed by atoms with van der Waals surface area (Å²) in [6, 6.07) is 7.70. The fourth-order valence-electron chi connectivity index (χ4n) is 2.66. The Kier molecular flexibility index (Phi) is 7.19. The summed E-state index contributed by atoms with van der Waals surface area (Å²) in [6.07, 6.45) is 3.32. The van der Waals surface area contributed by atoms with Crippen LogP contribution < -0.4 is 4.90 Å². The van der Waals surface area contributed by atoms with E-state index in [1.165, 1.54) is 4.90 Å². The number of nitriles is 1. The van der Waals surface area contributed by atoms with Crippen LogP contribution in [0.2, 0.25) is 0 Å². The fourth-order valence-corrected chi connectivity index (χ4v) is 2.66. The molecular formula is C17H23N5O3. The number of nitrogens with zero attached hydrogens (tertiary/aromatic N) is 5. The van der Waals surface area contributed by atoms with Crippen molar-refractivity contribution in [3.05, 3.63) is 36.2 Å². The van der Waals surface area contributed by atoms with Gasteiger partial charge in [0.15, 0.2) is 0 Å². The molecule has 0 unspecified atom stereocenters. The molecule has 0 aliphatic carbocycles. The van der Waals surface area contributed by atoms with Gasteiger partial charge in [-0.25, -0.2) is 4.98 Å². The first-order chi connectivity index (χ1) is 12.2. The second-order valence-corrected chi connectivity index (χ2v) is 5.60. The molecule has 1 fully saturated rings. The van der Waals surface area contributed by atoms with E-state index in [0.29, 0.717) is 13.1 Å². The highest BCUT2D eigenvalue weighted by Crippen LogP contribution is 2.13. The van der Waals surface area contributed by atoms with Gasteiger partial charge in [0.05, 0.1) is 13.2 Å². The molecule has 1 saturated heterocycles. The standard InChI is InChI=1S/C17H23N5O3/c18-13-15(17(25)22(9-11-23)10-12-24)14-20-5-7-21(8-6-20)16-3-1-2-4-19-16/h1-4,14,23-24H,5-12H2/b15-14-. The third kappa shape index (κ3) is 5.17. The minimum atomic E-state index is -0.474. The van der Waals surface area contributed by atoms with Gasteiger partial charge < -0.3 is 24.9 Å². The number of carbonyl (C=O) groups excluding carboxylic acids is 1. The van der Waals surface area contributed by atoms with Crippen LogP contribution in [0.5, 0.6) is 0 Å². The summed E-state index contributed by atoms with van der Waals surface area (Å²) in [5, 5.41) is 27.4. The number of piperazine rings is 1. The molecular weight excluding hydrogens is 322 g/mol. The van der Waals surface area contributed by atoms with Crippen LogP contribution in [-0.2, 0) is 4.79 Å². The molecule has 1 aliphatic rings. The van der Waals surface area contributed by atoms with E-state index in [9.17, 15) is 10.1 Å². The number of hydrogen-bond donors (Lipinski definition) is 2. The lowest BCUT2D eigenvalue weighted by molar-refractivity contribution is -0.127. The van der Waals surface area contributed by atoms with E-state index in [1.54, 1.807) is 12.4 Å². The lowest BCUT2D eigenvalue weighted by Crippen LogP contribution is -2.45. The van der Waals surface area contributed by atoms with Gasteiger partial charge in [-0.1, -0.05) is 6.07 Å². The second kappa shape index (κ2) is 9.61. The van der Waals surface area contributed by atoms with E-state index in [4.69, 9.17) is 10.2 Å². The summed E-state index contributed by atoms with van der Waals surface area (Å²) >= 11 is 0. The van der Waals surface area contributed by atoms with Gasteiger partial charge in [-0.3, -0.25) is 4.79 Å². The molecule has 2 N–H and O–H groups in total. The first kappa shape index (κ1) is 18.7. The fraction of sp³-hybridized carbons (Fsp3) is 0.471. The van der Waals surface area contributed by atoms with E-state index in [2.05, 4.69) is 9.88 Å². The number of aliphatic hydroxyl groups excluding tert-OH is 2. The van der Waals surface area contributed by atoms with E-state index in [1.807, 2.05) is 29.2 Å². The van der Waals surface area contributed by atoms with Crippen molar-refractivity contribution in [2.45, 2.75) is 0 Å². The average molecular weight is 345 g/mol. The van der Waals surface area contributed by atoms with Crippen LogP contribution in [0.3, 0.4) is 0 Å². The van der Waals surface area contributed by atoms with Crippen LogP contribution in [0.15, 0.2) is 36.2 Å². The molecule has 1 aliphatic heterocycles. The van der Waals surface area contributed by atoms with Crippen LogP contribution in [0.4, 0.5) is 5.82 Å². The van der Waals surface area contributed by atoms with Gasteiger partial charge in [-0.05, 0) is 12.1 Å². The maximum absolute atomic E-state index is 12.4. The molecule has 1 aromatic heterocycles. The Morgan fingerprint density at radius 1 is 1.24 bits per heavy atom. The molecule has 0 aromatic carbocycles. The van der Waals surface area contributed by atoms with E-state index < -0.39 is 5.91 Å². The lowest BCUT2D eigenvalue weighted by Gasteiger charge is -2.35. The van der Waals surface area contributed by atoms with Crippen molar-refractivity contribution in [1.29, 1.82) is 5.26 Å². The van der Waals surface area contributed by atoms with Crippen LogP contribution in [-0.4, -0.2) is 83.4 Å². The first-order valence-corrected chi connectivity index (χ1v) is 8.22. The van der Waals surface area contributed by atoms with Gasteiger partial charge in [-0.2, -0.15) is 5.26 Å². The van der Waals surface area contributed by atoms with Gasteiger partial charge in [-0.15, -0.1) is 0 Å². The van der Waals surface area contributed by atoms with Crippen molar-refractivity contribution in [3.8, 4) is 6.07 Å². The molecule has 0 bridgehead atoms. The smallest absolute Gasteiger partial charge is 0.266 e. The zero-order valence-corrected chi connectivity index (χ0v) is 14.1. The van der Waals surface area contributed by atoms with E-state index in [0.717, 1.165) is 18.9 Å². The summed E-state index contributed by atoms with van der Waals surface area (Å²) in [6.45, 7) is 2.59. The number of rotatable bonds is 7. The first-order valence-electron chi connectivity index (χ1n) is 8.22. The van der Waals surface area contributed by atoms with Gasteiger partial charge >= 0.3 is 0 Å². The maximum atomic E-state index is 12.4. The monoisotopic (exact) mass is 345 g/mol. The Bertz CT molecular complexity index is 615. The summed E-state index contributed by atoms with van der Waals surface area (Å²) in [5.74, 6) is 0.442. The Morgan fingerprint density at radius 3 is 2.44 bits per heavy atom. The van der Waals surface area contributed by atoms with Crippen molar-refractivity contribution in [1.82, 2.24) is 14.8 Å². The summed E-state index contributed by atoms with van der Waals surface area (Å²) in [5.41, 5.74) is 0.00758. The zero-order chi connectivity index (χ0) is 18.1. The molecule has 134 valence electrons. The van der Waals surface area contributed by atoms with Crippen molar-refractivity contribution in [3.63, 3.8) is 0 Å². The minimum absolute atomic E-state index is 0.00758. The Hall–Kier alpha value is -2.63. The van der Waals surface area contributed by atoms with Gasteiger partial charge in [0.1, 0.15) is 17.5 Å². The van der Waals surface area contributed by atoms with Crippen molar-refractivity contribution < 1.29 is 15.0 Å². The number of anilines is 1. The Labute approximate surface area is 147 Å². The predicted molar refractivity (Wildman–Crippen MR) is 92.5 cm³/mol. The molecule has 0 saturated carbocycles. The zero-order valence-electron chi connectivity index (χ0n) is 14.1. The van der Waals surface area contributed by atoms with Gasteiger partial charge in [0, 0.05) is 51.7 Å². The number of carbonyl (C=O) groups is 1.